The van der Waals surface area contributed by atoms with Crippen molar-refractivity contribution in [2.24, 2.45) is 0 Å². The van der Waals surface area contributed by atoms with Crippen molar-refractivity contribution in [3.63, 3.8) is 0 Å². The van der Waals surface area contributed by atoms with Gasteiger partial charge in [0.15, 0.2) is 0 Å². The molecule has 0 aromatic heterocycles. The van der Waals surface area contributed by atoms with Crippen LogP contribution >= 0.6 is 0 Å². The lowest BCUT2D eigenvalue weighted by molar-refractivity contribution is 0.258. The van der Waals surface area contributed by atoms with Gasteiger partial charge < -0.3 is 5.32 Å². The highest BCUT2D eigenvalue weighted by Gasteiger charge is 2.10. The maximum Gasteiger partial charge on any atom is 0.326 e. The van der Waals surface area contributed by atoms with E-state index in [9.17, 15) is 4.79 Å². The molecule has 2 aromatic rings. The molecule has 0 aliphatic carbocycles. The van der Waals surface area contributed by atoms with Crippen LogP contribution in [0.1, 0.15) is 5.56 Å². The van der Waals surface area contributed by atoms with E-state index >= 15 is 0 Å². The van der Waals surface area contributed by atoms with Crippen molar-refractivity contribution in [1.82, 2.24) is 0 Å². The Morgan fingerprint density at radius 1 is 1.06 bits per heavy atom. The van der Waals surface area contributed by atoms with E-state index in [1.165, 1.54) is 0 Å². The van der Waals surface area contributed by atoms with Crippen LogP contribution in [0.2, 0.25) is 0 Å². The van der Waals surface area contributed by atoms with Gasteiger partial charge in [0.2, 0.25) is 0 Å². The van der Waals surface area contributed by atoms with E-state index in [2.05, 4.69) is 5.32 Å². The van der Waals surface area contributed by atoms with Gasteiger partial charge in [-0.05, 0) is 36.8 Å². The second-order valence-electron chi connectivity index (χ2n) is 4.19. The first kappa shape index (κ1) is 12.2. The monoisotopic (exact) mass is 240 g/mol. The van der Waals surface area contributed by atoms with Crippen LogP contribution < -0.4 is 10.2 Å². The Morgan fingerprint density at radius 3 is 2.44 bits per heavy atom. The zero-order valence-corrected chi connectivity index (χ0v) is 10.6. The van der Waals surface area contributed by atoms with Crippen LogP contribution in [0, 0.1) is 6.92 Å². The van der Waals surface area contributed by atoms with Crippen molar-refractivity contribution in [1.29, 1.82) is 0 Å². The highest BCUT2D eigenvalue weighted by atomic mass is 16.2. The summed E-state index contributed by atoms with van der Waals surface area (Å²) < 4.78 is 0. The molecule has 0 heterocycles. The number of amides is 2. The van der Waals surface area contributed by atoms with Gasteiger partial charge >= 0.3 is 6.03 Å². The lowest BCUT2D eigenvalue weighted by Gasteiger charge is -2.18. The highest BCUT2D eigenvalue weighted by Crippen LogP contribution is 2.14. The Kier molecular flexibility index (Phi) is 3.63. The van der Waals surface area contributed by atoms with Crippen molar-refractivity contribution >= 4 is 17.4 Å². The minimum absolute atomic E-state index is 0.146. The Hall–Kier alpha value is -2.29. The summed E-state index contributed by atoms with van der Waals surface area (Å²) in [6.07, 6.45) is 0. The van der Waals surface area contributed by atoms with Crippen LogP contribution in [-0.2, 0) is 0 Å². The summed E-state index contributed by atoms with van der Waals surface area (Å²) in [6.45, 7) is 2.00. The van der Waals surface area contributed by atoms with Crippen LogP contribution in [0.25, 0.3) is 0 Å². The number of nitrogens with zero attached hydrogens (tertiary/aromatic N) is 1. The van der Waals surface area contributed by atoms with Crippen LogP contribution in [-0.4, -0.2) is 13.1 Å². The van der Waals surface area contributed by atoms with Gasteiger partial charge in [0.1, 0.15) is 0 Å². The predicted molar refractivity (Wildman–Crippen MR) is 75.0 cm³/mol. The number of carbonyl (C=O) groups is 1. The summed E-state index contributed by atoms with van der Waals surface area (Å²) in [7, 11) is 1.75. The second-order valence-corrected chi connectivity index (χ2v) is 4.19. The molecule has 0 spiro atoms. The van der Waals surface area contributed by atoms with Crippen molar-refractivity contribution in [2.45, 2.75) is 6.92 Å². The van der Waals surface area contributed by atoms with Crippen LogP contribution in [0.5, 0.6) is 0 Å². The van der Waals surface area contributed by atoms with Crippen LogP contribution in [0.4, 0.5) is 16.2 Å². The van der Waals surface area contributed by atoms with Crippen molar-refractivity contribution in [2.75, 3.05) is 17.3 Å². The smallest absolute Gasteiger partial charge is 0.308 e. The molecule has 0 atom stereocenters. The lowest BCUT2D eigenvalue weighted by atomic mass is 10.2. The lowest BCUT2D eigenvalue weighted by Crippen LogP contribution is -2.31. The number of anilines is 2. The second kappa shape index (κ2) is 5.36. The number of urea groups is 1. The van der Waals surface area contributed by atoms with Crippen LogP contribution in [0.15, 0.2) is 54.6 Å². The molecule has 1 N–H and O–H groups in total. The fraction of sp³-hybridized carbons (Fsp3) is 0.133. The zero-order chi connectivity index (χ0) is 13.0. The fourth-order valence-corrected chi connectivity index (χ4v) is 1.70. The van der Waals surface area contributed by atoms with Gasteiger partial charge in [-0.1, -0.05) is 30.3 Å². The molecule has 0 fully saturated rings. The maximum atomic E-state index is 12.0. The largest absolute Gasteiger partial charge is 0.326 e. The molecule has 0 saturated heterocycles. The number of rotatable bonds is 2. The summed E-state index contributed by atoms with van der Waals surface area (Å²) >= 11 is 0. The van der Waals surface area contributed by atoms with Crippen molar-refractivity contribution < 1.29 is 4.79 Å². The summed E-state index contributed by atoms with van der Waals surface area (Å²) in [4.78, 5) is 13.6. The summed E-state index contributed by atoms with van der Waals surface area (Å²) in [5, 5.41) is 2.87. The number of hydrogen-bond donors (Lipinski definition) is 1. The van der Waals surface area contributed by atoms with E-state index in [4.69, 9.17) is 0 Å². The number of aryl methyl sites for hydroxylation is 1. The molecule has 3 nitrogen and oxygen atoms in total. The van der Waals surface area contributed by atoms with Gasteiger partial charge in [-0.25, -0.2) is 4.79 Å². The minimum atomic E-state index is -0.146. The van der Waals surface area contributed by atoms with E-state index in [-0.39, 0.29) is 6.03 Å². The highest BCUT2D eigenvalue weighted by molar-refractivity contribution is 6.01. The molecule has 0 bridgehead atoms. The van der Waals surface area contributed by atoms with Crippen molar-refractivity contribution in [3.05, 3.63) is 60.2 Å². The van der Waals surface area contributed by atoms with Gasteiger partial charge in [-0.2, -0.15) is 0 Å². The van der Waals surface area contributed by atoms with Gasteiger partial charge in [-0.15, -0.1) is 0 Å². The number of hydrogen-bond acceptors (Lipinski definition) is 1. The molecule has 0 saturated carbocycles. The molecule has 0 aliphatic rings. The summed E-state index contributed by atoms with van der Waals surface area (Å²) in [5.74, 6) is 0. The van der Waals surface area contributed by atoms with Gasteiger partial charge in [-0.3, -0.25) is 4.90 Å². The third kappa shape index (κ3) is 2.88. The molecule has 3 heteroatoms. The maximum absolute atomic E-state index is 12.0. The molecule has 0 aliphatic heterocycles. The molecule has 0 radical (unpaired) electrons. The van der Waals surface area contributed by atoms with Crippen molar-refractivity contribution in [3.8, 4) is 0 Å². The van der Waals surface area contributed by atoms with E-state index in [1.54, 1.807) is 11.9 Å². The van der Waals surface area contributed by atoms with E-state index in [1.807, 2.05) is 61.5 Å². The molecule has 18 heavy (non-hydrogen) atoms. The standard InChI is InChI=1S/C15H16N2O/c1-12-7-6-8-13(11-12)16-15(18)17(2)14-9-4-3-5-10-14/h3-11H,1-2H3,(H,16,18). The molecule has 2 amide bonds. The average molecular weight is 240 g/mol. The van der Waals surface area contributed by atoms with Crippen LogP contribution in [0.3, 0.4) is 0 Å². The topological polar surface area (TPSA) is 32.3 Å². The first-order valence-corrected chi connectivity index (χ1v) is 5.83. The van der Waals surface area contributed by atoms with E-state index in [0.717, 1.165) is 16.9 Å². The number of para-hydroxylation sites is 1. The van der Waals surface area contributed by atoms with Gasteiger partial charge in [0, 0.05) is 18.4 Å². The SMILES string of the molecule is Cc1cccc(NC(=O)N(C)c2ccccc2)c1. The molecule has 0 unspecified atom stereocenters. The van der Waals surface area contributed by atoms with E-state index in [0.29, 0.717) is 0 Å². The number of nitrogens with one attached hydrogen (secondary N) is 1. The third-order valence-electron chi connectivity index (χ3n) is 2.72. The van der Waals surface area contributed by atoms with Gasteiger partial charge in [0.05, 0.1) is 0 Å². The Labute approximate surface area is 107 Å². The average Bonchev–Trinajstić information content (AvgIpc) is 2.39. The Bertz CT molecular complexity index is 537. The summed E-state index contributed by atoms with van der Waals surface area (Å²) in [5.41, 5.74) is 2.79. The zero-order valence-electron chi connectivity index (χ0n) is 10.6. The first-order valence-electron chi connectivity index (χ1n) is 5.83. The summed E-state index contributed by atoms with van der Waals surface area (Å²) in [6, 6.07) is 17.1. The fourth-order valence-electron chi connectivity index (χ4n) is 1.70. The normalized spacial score (nSPS) is 9.89. The Balaban J connectivity index is 2.09. The first-order chi connectivity index (χ1) is 8.66. The van der Waals surface area contributed by atoms with Gasteiger partial charge in [0.25, 0.3) is 0 Å². The molecule has 2 aromatic carbocycles. The quantitative estimate of drug-likeness (QED) is 0.853. The predicted octanol–water partition coefficient (Wildman–Crippen LogP) is 3.66. The third-order valence-corrected chi connectivity index (χ3v) is 2.72. The number of carbonyl (C=O) groups excluding carboxylic acids is 1. The number of benzene rings is 2. The Morgan fingerprint density at radius 2 is 1.78 bits per heavy atom. The minimum Gasteiger partial charge on any atom is -0.308 e. The molecule has 92 valence electrons. The molecular formula is C15H16N2O. The molecule has 2 rings (SSSR count). The van der Waals surface area contributed by atoms with E-state index < -0.39 is 0 Å². The molecular weight excluding hydrogens is 224 g/mol.